The van der Waals surface area contributed by atoms with Crippen LogP contribution in [0.25, 0.3) is 0 Å². The molecule has 1 aromatic rings. The first kappa shape index (κ1) is 13.8. The van der Waals surface area contributed by atoms with Gasteiger partial charge in [-0.25, -0.2) is 4.79 Å². The Kier molecular flexibility index (Phi) is 3.98. The summed E-state index contributed by atoms with van der Waals surface area (Å²) in [6, 6.07) is 5.08. The molecule has 0 aliphatic carbocycles. The Bertz CT molecular complexity index is 452. The summed E-state index contributed by atoms with van der Waals surface area (Å²) >= 11 is 0. The fourth-order valence-corrected chi connectivity index (χ4v) is 2.34. The zero-order valence-electron chi connectivity index (χ0n) is 9.37. The number of alkyl halides is 2. The molecule has 3 nitrogen and oxygen atoms in total. The molecule has 0 fully saturated rings. The third-order valence-corrected chi connectivity index (χ3v) is 3.46. The van der Waals surface area contributed by atoms with E-state index in [0.29, 0.717) is 5.56 Å². The molecule has 1 atom stereocenters. The molecular formula is C11H12F2O3S. The van der Waals surface area contributed by atoms with E-state index >= 15 is 0 Å². The van der Waals surface area contributed by atoms with Crippen molar-refractivity contribution in [3.8, 4) is 0 Å². The second-order valence-electron chi connectivity index (χ2n) is 3.81. The van der Waals surface area contributed by atoms with Crippen molar-refractivity contribution in [3.05, 3.63) is 34.9 Å². The van der Waals surface area contributed by atoms with Gasteiger partial charge in [-0.1, -0.05) is 29.3 Å². The van der Waals surface area contributed by atoms with Crippen molar-refractivity contribution in [1.29, 1.82) is 0 Å². The van der Waals surface area contributed by atoms with Crippen LogP contribution in [0.3, 0.4) is 0 Å². The van der Waals surface area contributed by atoms with Crippen LogP contribution in [0.2, 0.25) is 0 Å². The maximum absolute atomic E-state index is 12.9. The van der Waals surface area contributed by atoms with Crippen molar-refractivity contribution < 1.29 is 22.9 Å². The van der Waals surface area contributed by atoms with Gasteiger partial charge in [0.05, 0.1) is 5.75 Å². The Morgan fingerprint density at radius 1 is 1.29 bits per heavy atom. The largest absolute Gasteiger partial charge is 0.476 e. The number of carbonyl (C=O) groups is 1. The Labute approximate surface area is 99.9 Å². The number of rotatable bonds is 4. The van der Waals surface area contributed by atoms with Crippen LogP contribution in [0, 0.1) is 13.8 Å². The van der Waals surface area contributed by atoms with Crippen molar-refractivity contribution in [1.82, 2.24) is 0 Å². The molecule has 1 unspecified atom stereocenters. The summed E-state index contributed by atoms with van der Waals surface area (Å²) in [7, 11) is -2.76. The van der Waals surface area contributed by atoms with Gasteiger partial charge in [0.1, 0.15) is 10.8 Å². The predicted molar refractivity (Wildman–Crippen MR) is 60.3 cm³/mol. The lowest BCUT2D eigenvalue weighted by Crippen LogP contribution is -2.34. The number of hydrogen-bond donors (Lipinski definition) is 1. The van der Waals surface area contributed by atoms with Crippen LogP contribution in [0.15, 0.2) is 18.2 Å². The highest BCUT2D eigenvalue weighted by Crippen LogP contribution is 2.23. The standard InChI is InChI=1S/C11H12F2O3S/c1-7-3-8(2)5-9(4-7)6-17(16)11(12,13)10(14)15/h3-5H,6H2,1-2H3,(H,14,15). The van der Waals surface area contributed by atoms with Crippen molar-refractivity contribution in [2.24, 2.45) is 0 Å². The second-order valence-corrected chi connectivity index (χ2v) is 5.30. The van der Waals surface area contributed by atoms with E-state index < -0.39 is 27.8 Å². The lowest BCUT2D eigenvalue weighted by atomic mass is 10.1. The SMILES string of the molecule is Cc1cc(C)cc(CS(=O)C(F)(F)C(=O)O)c1. The fourth-order valence-electron chi connectivity index (χ4n) is 1.49. The van der Waals surface area contributed by atoms with Crippen LogP contribution in [-0.4, -0.2) is 20.5 Å². The average Bonchev–Trinajstić information content (AvgIpc) is 2.15. The molecule has 0 radical (unpaired) electrons. The smallest absolute Gasteiger partial charge is 0.415 e. The maximum atomic E-state index is 12.9. The predicted octanol–water partition coefficient (Wildman–Crippen LogP) is 2.23. The highest BCUT2D eigenvalue weighted by molar-refractivity contribution is 7.86. The van der Waals surface area contributed by atoms with Gasteiger partial charge >= 0.3 is 11.2 Å². The number of aryl methyl sites for hydroxylation is 2. The molecule has 0 aromatic heterocycles. The van der Waals surface area contributed by atoms with Gasteiger partial charge in [0, 0.05) is 0 Å². The van der Waals surface area contributed by atoms with E-state index in [1.54, 1.807) is 26.0 Å². The van der Waals surface area contributed by atoms with Crippen molar-refractivity contribution in [2.75, 3.05) is 0 Å². The summed E-state index contributed by atoms with van der Waals surface area (Å²) < 4.78 is 37.1. The Morgan fingerprint density at radius 2 is 1.76 bits per heavy atom. The fraction of sp³-hybridized carbons (Fsp3) is 0.364. The maximum Gasteiger partial charge on any atom is 0.415 e. The summed E-state index contributed by atoms with van der Waals surface area (Å²) in [6.45, 7) is 3.57. The van der Waals surface area contributed by atoms with E-state index in [9.17, 15) is 17.8 Å². The molecule has 0 aliphatic heterocycles. The number of carboxylic acids is 1. The molecule has 0 heterocycles. The highest BCUT2D eigenvalue weighted by Gasteiger charge is 2.45. The molecule has 0 saturated heterocycles. The molecule has 1 aromatic carbocycles. The third kappa shape index (κ3) is 3.33. The van der Waals surface area contributed by atoms with E-state index in [2.05, 4.69) is 0 Å². The number of benzene rings is 1. The van der Waals surface area contributed by atoms with E-state index in [1.807, 2.05) is 6.07 Å². The van der Waals surface area contributed by atoms with Crippen LogP contribution < -0.4 is 0 Å². The Hall–Kier alpha value is -1.30. The lowest BCUT2D eigenvalue weighted by molar-refractivity contribution is -0.153. The van der Waals surface area contributed by atoms with Crippen LogP contribution in [0.1, 0.15) is 16.7 Å². The van der Waals surface area contributed by atoms with Crippen molar-refractivity contribution in [2.45, 2.75) is 24.9 Å². The van der Waals surface area contributed by atoms with E-state index in [4.69, 9.17) is 5.11 Å². The van der Waals surface area contributed by atoms with Gasteiger partial charge in [-0.05, 0) is 19.4 Å². The van der Waals surface area contributed by atoms with Gasteiger partial charge < -0.3 is 5.11 Å². The average molecular weight is 262 g/mol. The molecule has 0 aliphatic rings. The Morgan fingerprint density at radius 3 is 2.18 bits per heavy atom. The molecule has 1 rings (SSSR count). The first-order valence-electron chi connectivity index (χ1n) is 4.80. The molecular weight excluding hydrogens is 250 g/mol. The third-order valence-electron chi connectivity index (χ3n) is 2.11. The van der Waals surface area contributed by atoms with Gasteiger partial charge in [-0.2, -0.15) is 8.78 Å². The molecule has 6 heteroatoms. The van der Waals surface area contributed by atoms with Gasteiger partial charge in [0.25, 0.3) is 0 Å². The lowest BCUT2D eigenvalue weighted by Gasteiger charge is -2.11. The molecule has 0 amide bonds. The van der Waals surface area contributed by atoms with Crippen molar-refractivity contribution >= 4 is 16.8 Å². The minimum absolute atomic E-state index is 0.446. The molecule has 0 saturated carbocycles. The summed E-state index contributed by atoms with van der Waals surface area (Å²) in [5, 5.41) is 4.05. The quantitative estimate of drug-likeness (QED) is 0.905. The highest BCUT2D eigenvalue weighted by atomic mass is 32.2. The molecule has 94 valence electrons. The molecule has 0 bridgehead atoms. The zero-order chi connectivity index (χ0) is 13.2. The van der Waals surface area contributed by atoms with Gasteiger partial charge in [-0.15, -0.1) is 0 Å². The van der Waals surface area contributed by atoms with Crippen LogP contribution in [0.5, 0.6) is 0 Å². The summed E-state index contributed by atoms with van der Waals surface area (Å²) in [5.74, 6) is -2.83. The number of aliphatic carboxylic acids is 1. The first-order chi connectivity index (χ1) is 7.73. The van der Waals surface area contributed by atoms with Crippen molar-refractivity contribution in [3.63, 3.8) is 0 Å². The minimum Gasteiger partial charge on any atom is -0.476 e. The van der Waals surface area contributed by atoms with Crippen LogP contribution in [0.4, 0.5) is 8.78 Å². The molecule has 1 N–H and O–H groups in total. The monoisotopic (exact) mass is 262 g/mol. The Balaban J connectivity index is 2.92. The summed E-state index contributed by atoms with van der Waals surface area (Å²) in [4.78, 5) is 10.2. The van der Waals surface area contributed by atoms with E-state index in [0.717, 1.165) is 11.1 Å². The normalized spacial score (nSPS) is 13.4. The van der Waals surface area contributed by atoms with Crippen LogP contribution in [-0.2, 0) is 21.3 Å². The summed E-state index contributed by atoms with van der Waals surface area (Å²) in [6.07, 6.45) is 0. The van der Waals surface area contributed by atoms with E-state index in [1.165, 1.54) is 0 Å². The number of carboxylic acid groups (broad SMARTS) is 1. The zero-order valence-corrected chi connectivity index (χ0v) is 10.2. The van der Waals surface area contributed by atoms with Gasteiger partial charge in [-0.3, -0.25) is 4.21 Å². The molecule has 0 spiro atoms. The van der Waals surface area contributed by atoms with E-state index in [-0.39, 0.29) is 0 Å². The topological polar surface area (TPSA) is 54.4 Å². The molecule has 17 heavy (non-hydrogen) atoms. The van der Waals surface area contributed by atoms with Crippen LogP contribution >= 0.6 is 0 Å². The number of hydrogen-bond acceptors (Lipinski definition) is 2. The van der Waals surface area contributed by atoms with Gasteiger partial charge in [0.2, 0.25) is 0 Å². The minimum atomic E-state index is -4.21. The second kappa shape index (κ2) is 4.91. The van der Waals surface area contributed by atoms with Gasteiger partial charge in [0.15, 0.2) is 0 Å². The number of halogens is 2. The summed E-state index contributed by atoms with van der Waals surface area (Å²) in [5.41, 5.74) is 2.16. The first-order valence-corrected chi connectivity index (χ1v) is 6.12.